The Morgan fingerprint density at radius 1 is 0.821 bits per heavy atom. The van der Waals surface area contributed by atoms with E-state index in [-0.39, 0.29) is 12.1 Å². The summed E-state index contributed by atoms with van der Waals surface area (Å²) in [5.41, 5.74) is 6.04. The molecule has 1 aliphatic rings. The molecule has 0 aliphatic carbocycles. The topological polar surface area (TPSA) is 18.5 Å². The Labute approximate surface area is 165 Å². The predicted octanol–water partition coefficient (Wildman–Crippen LogP) is 6.11. The number of hydrogen-bond donors (Lipinski definition) is 0. The average Bonchev–Trinajstić information content (AvgIpc) is 3.27. The second-order valence-corrected chi connectivity index (χ2v) is 6.83. The molecule has 1 saturated heterocycles. The first-order valence-electron chi connectivity index (χ1n) is 9.63. The highest BCUT2D eigenvalue weighted by Gasteiger charge is 2.12. The van der Waals surface area contributed by atoms with E-state index in [2.05, 4.69) is 43.3 Å². The molecule has 1 fully saturated rings. The van der Waals surface area contributed by atoms with E-state index in [9.17, 15) is 4.39 Å². The van der Waals surface area contributed by atoms with Gasteiger partial charge in [-0.05, 0) is 46.4 Å². The van der Waals surface area contributed by atoms with Crippen molar-refractivity contribution >= 4 is 6.08 Å². The number of rotatable bonds is 5. The van der Waals surface area contributed by atoms with Crippen molar-refractivity contribution < 1.29 is 13.9 Å². The first-order valence-corrected chi connectivity index (χ1v) is 9.63. The van der Waals surface area contributed by atoms with Crippen molar-refractivity contribution in [1.82, 2.24) is 0 Å². The monoisotopic (exact) mass is 374 g/mol. The van der Waals surface area contributed by atoms with Crippen LogP contribution in [0.5, 0.6) is 0 Å². The fraction of sp³-hybridized carbons (Fsp3) is 0.200. The normalized spacial score (nSPS) is 14.8. The van der Waals surface area contributed by atoms with Crippen LogP contribution in [0, 0.1) is 5.82 Å². The van der Waals surface area contributed by atoms with E-state index in [1.807, 2.05) is 18.2 Å². The van der Waals surface area contributed by atoms with Crippen LogP contribution in [-0.4, -0.2) is 19.5 Å². The zero-order valence-electron chi connectivity index (χ0n) is 15.9. The van der Waals surface area contributed by atoms with Gasteiger partial charge >= 0.3 is 0 Å². The van der Waals surface area contributed by atoms with Gasteiger partial charge in [0.05, 0.1) is 13.2 Å². The van der Waals surface area contributed by atoms with Gasteiger partial charge in [0.1, 0.15) is 5.82 Å². The second-order valence-electron chi connectivity index (χ2n) is 6.83. The van der Waals surface area contributed by atoms with E-state index >= 15 is 0 Å². The number of benzene rings is 3. The standard InChI is InChI=1S/C25H23FO2/c1-2-18-3-5-19(6-4-18)20-7-9-21(10-8-20)23-12-11-22(24(26)17-23)13-14-25-27-15-16-28-25/h3-14,17,25H,2,15-16H2,1H3/b14-13+. The van der Waals surface area contributed by atoms with Gasteiger partial charge in [-0.3, -0.25) is 0 Å². The van der Waals surface area contributed by atoms with Crippen LogP contribution >= 0.6 is 0 Å². The molecule has 3 heteroatoms. The summed E-state index contributed by atoms with van der Waals surface area (Å²) in [5, 5.41) is 0. The predicted molar refractivity (Wildman–Crippen MR) is 111 cm³/mol. The molecule has 0 aromatic heterocycles. The molecule has 0 N–H and O–H groups in total. The van der Waals surface area contributed by atoms with Crippen molar-refractivity contribution in [2.24, 2.45) is 0 Å². The molecular formula is C25H23FO2. The van der Waals surface area contributed by atoms with Crippen LogP contribution < -0.4 is 0 Å². The van der Waals surface area contributed by atoms with Gasteiger partial charge in [-0.25, -0.2) is 4.39 Å². The van der Waals surface area contributed by atoms with Crippen molar-refractivity contribution in [3.8, 4) is 22.3 Å². The van der Waals surface area contributed by atoms with Crippen molar-refractivity contribution in [3.63, 3.8) is 0 Å². The number of ether oxygens (including phenoxy) is 2. The third kappa shape index (κ3) is 4.22. The fourth-order valence-corrected chi connectivity index (χ4v) is 3.30. The summed E-state index contributed by atoms with van der Waals surface area (Å²) >= 11 is 0. The van der Waals surface area contributed by atoms with E-state index in [0.717, 1.165) is 23.1 Å². The number of aryl methyl sites for hydroxylation is 1. The Balaban J connectivity index is 1.51. The van der Waals surface area contributed by atoms with E-state index < -0.39 is 0 Å². The molecule has 0 bridgehead atoms. The molecule has 3 aromatic rings. The van der Waals surface area contributed by atoms with Gasteiger partial charge in [0.2, 0.25) is 0 Å². The SMILES string of the molecule is CCc1ccc(-c2ccc(-c3ccc(/C=C/C4OCCO4)c(F)c3)cc2)cc1. The second kappa shape index (κ2) is 8.51. The van der Waals surface area contributed by atoms with Crippen molar-refractivity contribution in [2.75, 3.05) is 13.2 Å². The van der Waals surface area contributed by atoms with Crippen LogP contribution in [-0.2, 0) is 15.9 Å². The smallest absolute Gasteiger partial charge is 0.177 e. The molecule has 1 heterocycles. The molecule has 28 heavy (non-hydrogen) atoms. The minimum Gasteiger partial charge on any atom is -0.347 e. The van der Waals surface area contributed by atoms with E-state index in [1.165, 1.54) is 11.1 Å². The minimum atomic E-state index is -0.377. The lowest BCUT2D eigenvalue weighted by Crippen LogP contribution is -2.01. The first-order chi connectivity index (χ1) is 13.7. The van der Waals surface area contributed by atoms with Crippen molar-refractivity contribution in [1.29, 1.82) is 0 Å². The number of halogens is 1. The molecule has 142 valence electrons. The fourth-order valence-electron chi connectivity index (χ4n) is 3.30. The Kier molecular flexibility index (Phi) is 5.65. The van der Waals surface area contributed by atoms with E-state index in [0.29, 0.717) is 18.8 Å². The van der Waals surface area contributed by atoms with Gasteiger partial charge in [-0.1, -0.05) is 73.7 Å². The summed E-state index contributed by atoms with van der Waals surface area (Å²) in [7, 11) is 0. The third-order valence-electron chi connectivity index (χ3n) is 4.99. The molecule has 2 nitrogen and oxygen atoms in total. The zero-order valence-corrected chi connectivity index (χ0v) is 15.9. The first kappa shape index (κ1) is 18.6. The molecule has 0 spiro atoms. The summed E-state index contributed by atoms with van der Waals surface area (Å²) in [6.07, 6.45) is 4.11. The van der Waals surface area contributed by atoms with E-state index in [4.69, 9.17) is 9.47 Å². The quantitative estimate of drug-likeness (QED) is 0.536. The highest BCUT2D eigenvalue weighted by atomic mass is 19.1. The Hall–Kier alpha value is -2.75. The highest BCUT2D eigenvalue weighted by molar-refractivity contribution is 5.71. The lowest BCUT2D eigenvalue weighted by Gasteiger charge is -2.07. The van der Waals surface area contributed by atoms with Crippen LogP contribution in [0.15, 0.2) is 72.8 Å². The molecule has 0 atom stereocenters. The third-order valence-corrected chi connectivity index (χ3v) is 4.99. The zero-order chi connectivity index (χ0) is 19.3. The molecule has 1 aliphatic heterocycles. The van der Waals surface area contributed by atoms with Crippen LogP contribution in [0.2, 0.25) is 0 Å². The molecule has 4 rings (SSSR count). The lowest BCUT2D eigenvalue weighted by molar-refractivity contribution is -0.000912. The highest BCUT2D eigenvalue weighted by Crippen LogP contribution is 2.27. The summed E-state index contributed by atoms with van der Waals surface area (Å²) < 4.78 is 25.2. The Morgan fingerprint density at radius 2 is 1.36 bits per heavy atom. The summed E-state index contributed by atoms with van der Waals surface area (Å²) in [4.78, 5) is 0. The van der Waals surface area contributed by atoms with Gasteiger partial charge in [0.25, 0.3) is 0 Å². The van der Waals surface area contributed by atoms with Gasteiger partial charge < -0.3 is 9.47 Å². The largest absolute Gasteiger partial charge is 0.347 e. The van der Waals surface area contributed by atoms with Crippen LogP contribution in [0.3, 0.4) is 0 Å². The van der Waals surface area contributed by atoms with Crippen LogP contribution in [0.25, 0.3) is 28.3 Å². The van der Waals surface area contributed by atoms with Crippen LogP contribution in [0.1, 0.15) is 18.1 Å². The van der Waals surface area contributed by atoms with Gasteiger partial charge in [-0.15, -0.1) is 0 Å². The molecule has 0 saturated carbocycles. The van der Waals surface area contributed by atoms with Gasteiger partial charge in [0, 0.05) is 5.56 Å². The van der Waals surface area contributed by atoms with Gasteiger partial charge in [-0.2, -0.15) is 0 Å². The molecule has 0 amide bonds. The van der Waals surface area contributed by atoms with Crippen molar-refractivity contribution in [2.45, 2.75) is 19.6 Å². The minimum absolute atomic E-state index is 0.258. The average molecular weight is 374 g/mol. The summed E-state index contributed by atoms with van der Waals surface area (Å²) in [5.74, 6) is -0.258. The molecule has 3 aromatic carbocycles. The lowest BCUT2D eigenvalue weighted by atomic mass is 9.98. The van der Waals surface area contributed by atoms with Crippen LogP contribution in [0.4, 0.5) is 4.39 Å². The maximum Gasteiger partial charge on any atom is 0.177 e. The molecule has 0 radical (unpaired) electrons. The summed E-state index contributed by atoms with van der Waals surface area (Å²) in [6, 6.07) is 22.1. The summed E-state index contributed by atoms with van der Waals surface area (Å²) in [6.45, 7) is 3.31. The van der Waals surface area contributed by atoms with E-state index in [1.54, 1.807) is 24.3 Å². The molecule has 0 unspecified atom stereocenters. The van der Waals surface area contributed by atoms with Crippen molar-refractivity contribution in [3.05, 3.63) is 89.8 Å². The Bertz CT molecular complexity index is 953. The van der Waals surface area contributed by atoms with Gasteiger partial charge in [0.15, 0.2) is 6.29 Å². The molecular weight excluding hydrogens is 351 g/mol. The number of hydrogen-bond acceptors (Lipinski definition) is 2. The maximum atomic E-state index is 14.5. The Morgan fingerprint density at radius 3 is 1.93 bits per heavy atom. The maximum absolute atomic E-state index is 14.5.